The number of carbonyl (C=O) groups is 2. The predicted molar refractivity (Wildman–Crippen MR) is 82.1 cm³/mol. The first-order chi connectivity index (χ1) is 9.89. The topological polar surface area (TPSA) is 66.4 Å². The molecule has 0 heterocycles. The van der Waals surface area contributed by atoms with Gasteiger partial charge in [0.2, 0.25) is 0 Å². The van der Waals surface area contributed by atoms with E-state index in [0.29, 0.717) is 12.1 Å². The molecule has 0 radical (unpaired) electrons. The van der Waals surface area contributed by atoms with Gasteiger partial charge in [0, 0.05) is 18.2 Å². The van der Waals surface area contributed by atoms with Crippen molar-refractivity contribution in [3.63, 3.8) is 0 Å². The van der Waals surface area contributed by atoms with Gasteiger partial charge in [0.25, 0.3) is 5.91 Å². The zero-order valence-electron chi connectivity index (χ0n) is 12.5. The maximum atomic E-state index is 12.2. The molecule has 2 N–H and O–H groups in total. The van der Waals surface area contributed by atoms with E-state index in [9.17, 15) is 9.59 Å². The molecule has 1 fully saturated rings. The Labute approximate surface area is 124 Å². The molecule has 0 spiro atoms. The third-order valence-electron chi connectivity index (χ3n) is 4.18. The average molecular weight is 287 g/mol. The lowest BCUT2D eigenvalue weighted by atomic mass is 9.70. The fraction of sp³-hybridized carbons (Fsp3) is 0.412. The van der Waals surface area contributed by atoms with E-state index in [4.69, 9.17) is 5.11 Å². The van der Waals surface area contributed by atoms with Crippen LogP contribution < -0.4 is 5.32 Å². The van der Waals surface area contributed by atoms with Crippen LogP contribution in [-0.4, -0.2) is 23.5 Å². The second-order valence-electron chi connectivity index (χ2n) is 6.09. The molecule has 1 amide bonds. The van der Waals surface area contributed by atoms with Crippen LogP contribution in [0.25, 0.3) is 6.08 Å². The summed E-state index contributed by atoms with van der Waals surface area (Å²) in [4.78, 5) is 22.8. The lowest BCUT2D eigenvalue weighted by Crippen LogP contribution is -2.39. The van der Waals surface area contributed by atoms with Gasteiger partial charge in [-0.05, 0) is 54.5 Å². The maximum absolute atomic E-state index is 12.2. The molecule has 0 aliphatic heterocycles. The van der Waals surface area contributed by atoms with E-state index >= 15 is 0 Å². The predicted octanol–water partition coefficient (Wildman–Crippen LogP) is 3.01. The largest absolute Gasteiger partial charge is 0.478 e. The molecule has 0 aromatic heterocycles. The molecule has 21 heavy (non-hydrogen) atoms. The summed E-state index contributed by atoms with van der Waals surface area (Å²) in [6.45, 7) is 4.77. The number of carboxylic acid groups (broad SMARTS) is 1. The smallest absolute Gasteiger partial charge is 0.328 e. The molecule has 1 aliphatic carbocycles. The van der Waals surface area contributed by atoms with E-state index in [1.54, 1.807) is 12.1 Å². The van der Waals surface area contributed by atoms with Crippen LogP contribution in [0.2, 0.25) is 0 Å². The summed E-state index contributed by atoms with van der Waals surface area (Å²) in [5.41, 5.74) is 2.50. The Bertz CT molecular complexity index is 586. The molecule has 0 bridgehead atoms. The lowest BCUT2D eigenvalue weighted by Gasteiger charge is -2.38. The van der Waals surface area contributed by atoms with Gasteiger partial charge in [0.15, 0.2) is 0 Å². The third-order valence-corrected chi connectivity index (χ3v) is 4.18. The van der Waals surface area contributed by atoms with Crippen molar-refractivity contribution in [2.75, 3.05) is 6.54 Å². The monoisotopic (exact) mass is 287 g/mol. The molecule has 1 saturated carbocycles. The number of hydrogen-bond acceptors (Lipinski definition) is 2. The summed E-state index contributed by atoms with van der Waals surface area (Å²) in [6, 6.07) is 5.33. The number of nitrogens with one attached hydrogen (secondary N) is 1. The van der Waals surface area contributed by atoms with Crippen LogP contribution in [0.5, 0.6) is 0 Å². The maximum Gasteiger partial charge on any atom is 0.328 e. The van der Waals surface area contributed by atoms with E-state index in [2.05, 4.69) is 12.2 Å². The van der Waals surface area contributed by atoms with Crippen molar-refractivity contribution < 1.29 is 14.7 Å². The Balaban J connectivity index is 2.06. The minimum absolute atomic E-state index is 0.104. The standard InChI is InChI=1S/C17H21NO3/c1-12-4-5-14(10-13(12)6-7-15(19)20)16(21)18-11-17(2)8-3-9-17/h4-7,10H,3,8-9,11H2,1-2H3,(H,18,21)(H,19,20)/b7-6+. The van der Waals surface area contributed by atoms with Gasteiger partial charge in [-0.1, -0.05) is 19.4 Å². The number of rotatable bonds is 5. The van der Waals surface area contributed by atoms with Gasteiger partial charge in [0.1, 0.15) is 0 Å². The van der Waals surface area contributed by atoms with Crippen molar-refractivity contribution in [1.82, 2.24) is 5.32 Å². The zero-order chi connectivity index (χ0) is 15.5. The highest BCUT2D eigenvalue weighted by atomic mass is 16.4. The van der Waals surface area contributed by atoms with E-state index < -0.39 is 5.97 Å². The fourth-order valence-corrected chi connectivity index (χ4v) is 2.48. The minimum Gasteiger partial charge on any atom is -0.478 e. The average Bonchev–Trinajstić information content (AvgIpc) is 2.41. The minimum atomic E-state index is -0.998. The first-order valence-corrected chi connectivity index (χ1v) is 7.19. The quantitative estimate of drug-likeness (QED) is 0.818. The van der Waals surface area contributed by atoms with E-state index in [1.165, 1.54) is 12.5 Å². The first-order valence-electron chi connectivity index (χ1n) is 7.19. The van der Waals surface area contributed by atoms with Crippen molar-refractivity contribution in [2.45, 2.75) is 33.1 Å². The van der Waals surface area contributed by atoms with Gasteiger partial charge in [-0.25, -0.2) is 4.79 Å². The summed E-state index contributed by atoms with van der Waals surface area (Å²) in [7, 11) is 0. The van der Waals surface area contributed by atoms with Crippen LogP contribution in [0.15, 0.2) is 24.3 Å². The van der Waals surface area contributed by atoms with Crippen LogP contribution in [-0.2, 0) is 4.79 Å². The SMILES string of the molecule is Cc1ccc(C(=O)NCC2(C)CCC2)cc1/C=C/C(=O)O. The first kappa shape index (κ1) is 15.3. The zero-order valence-corrected chi connectivity index (χ0v) is 12.5. The molecule has 4 heteroatoms. The molecule has 1 aliphatic rings. The van der Waals surface area contributed by atoms with Crippen LogP contribution >= 0.6 is 0 Å². The summed E-state index contributed by atoms with van der Waals surface area (Å²) in [5, 5.41) is 11.7. The van der Waals surface area contributed by atoms with E-state index in [-0.39, 0.29) is 11.3 Å². The Morgan fingerprint density at radius 1 is 1.38 bits per heavy atom. The molecule has 1 aromatic rings. The molecule has 4 nitrogen and oxygen atoms in total. The summed E-state index contributed by atoms with van der Waals surface area (Å²) >= 11 is 0. The number of aryl methyl sites for hydroxylation is 1. The lowest BCUT2D eigenvalue weighted by molar-refractivity contribution is -0.131. The summed E-state index contributed by atoms with van der Waals surface area (Å²) < 4.78 is 0. The van der Waals surface area contributed by atoms with Gasteiger partial charge < -0.3 is 10.4 Å². The van der Waals surface area contributed by atoms with Gasteiger partial charge in [-0.2, -0.15) is 0 Å². The summed E-state index contributed by atoms with van der Waals surface area (Å²) in [5.74, 6) is -1.10. The van der Waals surface area contributed by atoms with E-state index in [0.717, 1.165) is 30.0 Å². The number of carboxylic acids is 1. The number of carbonyl (C=O) groups excluding carboxylic acids is 1. The van der Waals surface area contributed by atoms with Crippen LogP contribution in [0, 0.1) is 12.3 Å². The number of benzene rings is 1. The second-order valence-corrected chi connectivity index (χ2v) is 6.09. The van der Waals surface area contributed by atoms with Crippen molar-refractivity contribution in [2.24, 2.45) is 5.41 Å². The summed E-state index contributed by atoms with van der Waals surface area (Å²) in [6.07, 6.45) is 6.16. The number of hydrogen-bond donors (Lipinski definition) is 2. The normalized spacial score (nSPS) is 16.5. The van der Waals surface area contributed by atoms with Crippen molar-refractivity contribution in [1.29, 1.82) is 0 Å². The highest BCUT2D eigenvalue weighted by molar-refractivity contribution is 5.95. The van der Waals surface area contributed by atoms with Gasteiger partial charge >= 0.3 is 5.97 Å². The second kappa shape index (κ2) is 6.12. The Kier molecular flexibility index (Phi) is 4.46. The Morgan fingerprint density at radius 3 is 2.67 bits per heavy atom. The molecule has 112 valence electrons. The molecule has 0 unspecified atom stereocenters. The van der Waals surface area contributed by atoms with Crippen molar-refractivity contribution in [3.05, 3.63) is 41.0 Å². The van der Waals surface area contributed by atoms with Crippen LogP contribution in [0.1, 0.15) is 47.7 Å². The van der Waals surface area contributed by atoms with E-state index in [1.807, 2.05) is 13.0 Å². The van der Waals surface area contributed by atoms with Gasteiger partial charge in [0.05, 0.1) is 0 Å². The molecular weight excluding hydrogens is 266 g/mol. The van der Waals surface area contributed by atoms with Crippen LogP contribution in [0.3, 0.4) is 0 Å². The van der Waals surface area contributed by atoms with Gasteiger partial charge in [-0.15, -0.1) is 0 Å². The Morgan fingerprint density at radius 2 is 2.10 bits per heavy atom. The van der Waals surface area contributed by atoms with Crippen molar-refractivity contribution in [3.8, 4) is 0 Å². The molecule has 0 saturated heterocycles. The molecule has 1 aromatic carbocycles. The number of aliphatic carboxylic acids is 1. The van der Waals surface area contributed by atoms with Crippen LogP contribution in [0.4, 0.5) is 0 Å². The number of amides is 1. The Hall–Kier alpha value is -2.10. The molecule has 2 rings (SSSR count). The van der Waals surface area contributed by atoms with Gasteiger partial charge in [-0.3, -0.25) is 4.79 Å². The fourth-order valence-electron chi connectivity index (χ4n) is 2.48. The van der Waals surface area contributed by atoms with Crippen molar-refractivity contribution >= 4 is 18.0 Å². The molecule has 0 atom stereocenters. The molecular formula is C17H21NO3. The highest BCUT2D eigenvalue weighted by Crippen LogP contribution is 2.39. The third kappa shape index (κ3) is 3.94. The highest BCUT2D eigenvalue weighted by Gasteiger charge is 2.31.